The zero-order valence-electron chi connectivity index (χ0n) is 9.30. The highest BCUT2D eigenvalue weighted by atomic mass is 16.5. The molecule has 16 heavy (non-hydrogen) atoms. The first-order chi connectivity index (χ1) is 7.70. The quantitative estimate of drug-likeness (QED) is 0.838. The van der Waals surface area contributed by atoms with Crippen LogP contribution in [0.5, 0.6) is 0 Å². The van der Waals surface area contributed by atoms with Crippen molar-refractivity contribution in [3.63, 3.8) is 0 Å². The van der Waals surface area contributed by atoms with Gasteiger partial charge in [-0.2, -0.15) is 4.98 Å². The van der Waals surface area contributed by atoms with Crippen molar-refractivity contribution < 1.29 is 8.94 Å². The summed E-state index contributed by atoms with van der Waals surface area (Å²) >= 11 is 0. The second-order valence-corrected chi connectivity index (χ2v) is 3.66. The summed E-state index contributed by atoms with van der Waals surface area (Å²) in [5, 5.41) is 3.85. The Morgan fingerprint density at radius 1 is 1.50 bits per heavy atom. The van der Waals surface area contributed by atoms with Crippen molar-refractivity contribution in [3.8, 4) is 11.7 Å². The third-order valence-corrected chi connectivity index (χ3v) is 2.38. The van der Waals surface area contributed by atoms with Crippen LogP contribution in [0.1, 0.15) is 24.9 Å². The Kier molecular flexibility index (Phi) is 3.00. The molecule has 2 aromatic rings. The number of nitrogens with two attached hydrogens (primary N) is 1. The first-order valence-corrected chi connectivity index (χ1v) is 5.19. The number of hydrogen-bond acceptors (Lipinski definition) is 6. The molecule has 0 aliphatic rings. The van der Waals surface area contributed by atoms with Crippen LogP contribution in [0.3, 0.4) is 0 Å². The van der Waals surface area contributed by atoms with Gasteiger partial charge in [-0.15, -0.1) is 0 Å². The summed E-state index contributed by atoms with van der Waals surface area (Å²) in [6.45, 7) is 3.84. The van der Waals surface area contributed by atoms with Crippen molar-refractivity contribution in [1.82, 2.24) is 15.1 Å². The molecule has 0 saturated heterocycles. The van der Waals surface area contributed by atoms with Crippen LogP contribution < -0.4 is 5.73 Å². The van der Waals surface area contributed by atoms with Gasteiger partial charge in [0.15, 0.2) is 12.2 Å². The summed E-state index contributed by atoms with van der Waals surface area (Å²) in [6.07, 6.45) is 2.84. The van der Waals surface area contributed by atoms with Crippen molar-refractivity contribution in [1.29, 1.82) is 0 Å². The second kappa shape index (κ2) is 4.44. The maximum absolute atomic E-state index is 5.81. The van der Waals surface area contributed by atoms with Crippen molar-refractivity contribution >= 4 is 0 Å². The zero-order valence-corrected chi connectivity index (χ0v) is 9.30. The van der Waals surface area contributed by atoms with Crippen molar-refractivity contribution in [2.75, 3.05) is 0 Å². The number of nitrogens with zero attached hydrogens (tertiary/aromatic N) is 3. The van der Waals surface area contributed by atoms with E-state index in [0.717, 1.165) is 12.1 Å². The predicted molar refractivity (Wildman–Crippen MR) is 56.5 cm³/mol. The number of rotatable bonds is 4. The van der Waals surface area contributed by atoms with E-state index in [4.69, 9.17) is 14.7 Å². The molecule has 6 heteroatoms. The van der Waals surface area contributed by atoms with Crippen molar-refractivity contribution in [2.24, 2.45) is 5.73 Å². The first-order valence-electron chi connectivity index (χ1n) is 5.19. The highest BCUT2D eigenvalue weighted by molar-refractivity contribution is 5.46. The average Bonchev–Trinajstić information content (AvgIpc) is 2.86. The molecule has 6 nitrogen and oxygen atoms in total. The molecule has 0 fully saturated rings. The Bertz CT molecular complexity index is 463. The molecular weight excluding hydrogens is 208 g/mol. The molecule has 86 valence electrons. The molecule has 0 aliphatic heterocycles. The van der Waals surface area contributed by atoms with E-state index in [9.17, 15) is 0 Å². The van der Waals surface area contributed by atoms with E-state index in [2.05, 4.69) is 15.1 Å². The first kappa shape index (κ1) is 10.8. The van der Waals surface area contributed by atoms with Crippen LogP contribution >= 0.6 is 0 Å². The van der Waals surface area contributed by atoms with Crippen LogP contribution in [0.25, 0.3) is 11.7 Å². The smallest absolute Gasteiger partial charge is 0.295 e. The van der Waals surface area contributed by atoms with E-state index in [1.165, 1.54) is 6.39 Å². The minimum Gasteiger partial charge on any atom is -0.438 e. The maximum atomic E-state index is 5.81. The SMILES string of the molecule is CCC(N)Cc1noc(-c2ocnc2C)n1. The topological polar surface area (TPSA) is 91.0 Å². The molecule has 0 saturated carbocycles. The predicted octanol–water partition coefficient (Wildman–Crippen LogP) is 1.31. The molecule has 0 spiro atoms. The molecular formula is C10H14N4O2. The summed E-state index contributed by atoms with van der Waals surface area (Å²) < 4.78 is 10.2. The molecule has 2 N–H and O–H groups in total. The maximum Gasteiger partial charge on any atom is 0.295 e. The van der Waals surface area contributed by atoms with Gasteiger partial charge in [0.25, 0.3) is 5.89 Å². The molecule has 0 bridgehead atoms. The number of oxazole rings is 1. The van der Waals surface area contributed by atoms with Gasteiger partial charge in [0, 0.05) is 12.5 Å². The summed E-state index contributed by atoms with van der Waals surface area (Å²) in [5.74, 6) is 1.47. The van der Waals surface area contributed by atoms with Gasteiger partial charge in [0.2, 0.25) is 5.76 Å². The molecule has 0 radical (unpaired) electrons. The van der Waals surface area contributed by atoms with E-state index in [1.807, 2.05) is 13.8 Å². The fourth-order valence-electron chi connectivity index (χ4n) is 1.32. The molecule has 0 amide bonds. The lowest BCUT2D eigenvalue weighted by Crippen LogP contribution is -2.21. The highest BCUT2D eigenvalue weighted by Gasteiger charge is 2.16. The Labute approximate surface area is 92.9 Å². The van der Waals surface area contributed by atoms with E-state index in [-0.39, 0.29) is 6.04 Å². The van der Waals surface area contributed by atoms with Crippen LogP contribution in [-0.2, 0) is 6.42 Å². The van der Waals surface area contributed by atoms with E-state index >= 15 is 0 Å². The lowest BCUT2D eigenvalue weighted by molar-refractivity contribution is 0.406. The third kappa shape index (κ3) is 2.11. The standard InChI is InChI=1S/C10H14N4O2/c1-3-7(11)4-8-13-10(16-14-8)9-6(2)12-5-15-9/h5,7H,3-4,11H2,1-2H3. The van der Waals surface area contributed by atoms with Gasteiger partial charge in [-0.1, -0.05) is 12.1 Å². The summed E-state index contributed by atoms with van der Waals surface area (Å²) in [5.41, 5.74) is 6.54. The number of aryl methyl sites for hydroxylation is 1. The van der Waals surface area contributed by atoms with Gasteiger partial charge in [-0.05, 0) is 13.3 Å². The van der Waals surface area contributed by atoms with Crippen LogP contribution in [0.2, 0.25) is 0 Å². The summed E-state index contributed by atoms with van der Waals surface area (Å²) in [6, 6.07) is 0.0567. The highest BCUT2D eigenvalue weighted by Crippen LogP contribution is 2.20. The average molecular weight is 222 g/mol. The molecule has 0 aliphatic carbocycles. The normalized spacial score (nSPS) is 12.9. The van der Waals surface area contributed by atoms with Crippen LogP contribution in [0.4, 0.5) is 0 Å². The van der Waals surface area contributed by atoms with Crippen LogP contribution in [-0.4, -0.2) is 21.2 Å². The Morgan fingerprint density at radius 3 is 2.94 bits per heavy atom. The second-order valence-electron chi connectivity index (χ2n) is 3.66. The summed E-state index contributed by atoms with van der Waals surface area (Å²) in [7, 11) is 0. The minimum atomic E-state index is 0.0567. The zero-order chi connectivity index (χ0) is 11.5. The third-order valence-electron chi connectivity index (χ3n) is 2.38. The fraction of sp³-hybridized carbons (Fsp3) is 0.500. The van der Waals surface area contributed by atoms with E-state index < -0.39 is 0 Å². The van der Waals surface area contributed by atoms with Crippen molar-refractivity contribution in [2.45, 2.75) is 32.7 Å². The number of hydrogen-bond donors (Lipinski definition) is 1. The summed E-state index contributed by atoms with van der Waals surface area (Å²) in [4.78, 5) is 8.17. The molecule has 2 heterocycles. The lowest BCUT2D eigenvalue weighted by atomic mass is 10.2. The Morgan fingerprint density at radius 2 is 2.31 bits per heavy atom. The van der Waals surface area contributed by atoms with Gasteiger partial charge < -0.3 is 14.7 Å². The minimum absolute atomic E-state index is 0.0567. The molecule has 1 atom stereocenters. The molecule has 2 rings (SSSR count). The van der Waals surface area contributed by atoms with Gasteiger partial charge >= 0.3 is 0 Å². The monoisotopic (exact) mass is 222 g/mol. The number of aromatic nitrogens is 3. The van der Waals surface area contributed by atoms with Crippen molar-refractivity contribution in [3.05, 3.63) is 17.9 Å². The van der Waals surface area contributed by atoms with Crippen LogP contribution in [0, 0.1) is 6.92 Å². The van der Waals surface area contributed by atoms with Gasteiger partial charge in [0.05, 0.1) is 5.69 Å². The molecule has 2 aromatic heterocycles. The van der Waals surface area contributed by atoms with Crippen LogP contribution in [0.15, 0.2) is 15.3 Å². The fourth-order valence-corrected chi connectivity index (χ4v) is 1.32. The van der Waals surface area contributed by atoms with Gasteiger partial charge in [0.1, 0.15) is 0 Å². The molecule has 0 aromatic carbocycles. The largest absolute Gasteiger partial charge is 0.438 e. The van der Waals surface area contributed by atoms with Gasteiger partial charge in [-0.3, -0.25) is 0 Å². The lowest BCUT2D eigenvalue weighted by Gasteiger charge is -2.02. The van der Waals surface area contributed by atoms with Gasteiger partial charge in [-0.25, -0.2) is 4.98 Å². The molecule has 1 unspecified atom stereocenters. The Balaban J connectivity index is 2.17. The van der Waals surface area contributed by atoms with E-state index in [0.29, 0.717) is 23.9 Å². The van der Waals surface area contributed by atoms with E-state index in [1.54, 1.807) is 0 Å². The Hall–Kier alpha value is -1.69.